The van der Waals surface area contributed by atoms with Gasteiger partial charge >= 0.3 is 6.36 Å². The van der Waals surface area contributed by atoms with E-state index in [2.05, 4.69) is 4.74 Å². The molecule has 2 heterocycles. The summed E-state index contributed by atoms with van der Waals surface area (Å²) in [4.78, 5) is 14.4. The average molecular weight is 365 g/mol. The van der Waals surface area contributed by atoms with Crippen LogP contribution >= 0.6 is 0 Å². The largest absolute Gasteiger partial charge is 0.522 e. The standard InChI is InChI=1S/C17H26F3NO4/c18-17(19,20)25-14-3-1-12(2-4-14)16(22)21-8-5-13(6-9-21)24-15-7-10-23-11-15/h12-15H,1-11H2. The maximum absolute atomic E-state index is 12.6. The van der Waals surface area contributed by atoms with E-state index in [1.807, 2.05) is 4.90 Å². The van der Waals surface area contributed by atoms with Gasteiger partial charge in [0.1, 0.15) is 0 Å². The second-order valence-electron chi connectivity index (χ2n) is 7.18. The predicted octanol–water partition coefficient (Wildman–Crippen LogP) is 2.88. The van der Waals surface area contributed by atoms with Crippen molar-refractivity contribution in [3.8, 4) is 0 Å². The molecule has 0 N–H and O–H groups in total. The summed E-state index contributed by atoms with van der Waals surface area (Å²) >= 11 is 0. The van der Waals surface area contributed by atoms with Crippen molar-refractivity contribution in [3.05, 3.63) is 0 Å². The van der Waals surface area contributed by atoms with Crippen LogP contribution in [0, 0.1) is 5.92 Å². The predicted molar refractivity (Wildman–Crippen MR) is 82.8 cm³/mol. The van der Waals surface area contributed by atoms with Crippen LogP contribution in [0.2, 0.25) is 0 Å². The SMILES string of the molecule is O=C(C1CCC(OC(F)(F)F)CC1)N1CCC(OC2CCOC2)CC1. The Morgan fingerprint density at radius 3 is 2.16 bits per heavy atom. The molecule has 144 valence electrons. The van der Waals surface area contributed by atoms with E-state index in [4.69, 9.17) is 9.47 Å². The normalized spacial score (nSPS) is 32.1. The van der Waals surface area contributed by atoms with Crippen molar-refractivity contribution in [1.82, 2.24) is 4.90 Å². The zero-order chi connectivity index (χ0) is 17.9. The van der Waals surface area contributed by atoms with Crippen LogP contribution in [0.15, 0.2) is 0 Å². The second kappa shape index (κ2) is 8.22. The van der Waals surface area contributed by atoms with E-state index in [9.17, 15) is 18.0 Å². The number of hydrogen-bond donors (Lipinski definition) is 0. The monoisotopic (exact) mass is 365 g/mol. The molecule has 0 bridgehead atoms. The highest BCUT2D eigenvalue weighted by Gasteiger charge is 2.38. The highest BCUT2D eigenvalue weighted by atomic mass is 19.4. The number of alkyl halides is 3. The average Bonchev–Trinajstić information content (AvgIpc) is 3.07. The van der Waals surface area contributed by atoms with E-state index in [0.29, 0.717) is 32.5 Å². The Labute approximate surface area is 145 Å². The zero-order valence-electron chi connectivity index (χ0n) is 14.3. The first-order chi connectivity index (χ1) is 11.9. The van der Waals surface area contributed by atoms with Crippen molar-refractivity contribution in [3.63, 3.8) is 0 Å². The molecule has 0 aromatic heterocycles. The van der Waals surface area contributed by atoms with Crippen LogP contribution in [0.4, 0.5) is 13.2 Å². The first-order valence-corrected chi connectivity index (χ1v) is 9.17. The molecular weight excluding hydrogens is 339 g/mol. The van der Waals surface area contributed by atoms with Gasteiger partial charge in [0, 0.05) is 25.6 Å². The number of carbonyl (C=O) groups excluding carboxylic acids is 1. The molecule has 3 aliphatic rings. The van der Waals surface area contributed by atoms with Crippen LogP contribution in [0.5, 0.6) is 0 Å². The van der Waals surface area contributed by atoms with Crippen LogP contribution in [0.25, 0.3) is 0 Å². The molecule has 1 amide bonds. The zero-order valence-corrected chi connectivity index (χ0v) is 14.3. The lowest BCUT2D eigenvalue weighted by Crippen LogP contribution is -2.45. The molecule has 25 heavy (non-hydrogen) atoms. The molecule has 2 saturated heterocycles. The molecule has 0 radical (unpaired) electrons. The Hall–Kier alpha value is -0.860. The topological polar surface area (TPSA) is 48.0 Å². The fourth-order valence-electron chi connectivity index (χ4n) is 3.98. The molecule has 0 spiro atoms. The van der Waals surface area contributed by atoms with Crippen molar-refractivity contribution in [2.24, 2.45) is 5.92 Å². The van der Waals surface area contributed by atoms with Gasteiger partial charge in [-0.3, -0.25) is 9.53 Å². The summed E-state index contributed by atoms with van der Waals surface area (Å²) in [6, 6.07) is 0. The Kier molecular flexibility index (Phi) is 6.22. The number of likely N-dealkylation sites (tertiary alicyclic amines) is 1. The lowest BCUT2D eigenvalue weighted by Gasteiger charge is -2.36. The minimum atomic E-state index is -4.59. The summed E-state index contributed by atoms with van der Waals surface area (Å²) < 4.78 is 52.1. The Balaban J connectivity index is 1.38. The molecule has 8 heteroatoms. The molecule has 1 aliphatic carbocycles. The van der Waals surface area contributed by atoms with Crippen molar-refractivity contribution >= 4 is 5.91 Å². The first kappa shape index (κ1) is 18.9. The van der Waals surface area contributed by atoms with Crippen LogP contribution < -0.4 is 0 Å². The van der Waals surface area contributed by atoms with Crippen molar-refractivity contribution in [1.29, 1.82) is 0 Å². The van der Waals surface area contributed by atoms with Crippen LogP contribution in [0.3, 0.4) is 0 Å². The molecule has 0 aromatic rings. The Morgan fingerprint density at radius 1 is 0.920 bits per heavy atom. The molecular formula is C17H26F3NO4. The molecule has 3 rings (SSSR count). The van der Waals surface area contributed by atoms with Crippen LogP contribution in [-0.4, -0.2) is 61.8 Å². The van der Waals surface area contributed by atoms with Gasteiger partial charge in [0.25, 0.3) is 0 Å². The molecule has 5 nitrogen and oxygen atoms in total. The number of halogens is 3. The van der Waals surface area contributed by atoms with Crippen molar-refractivity contribution in [2.75, 3.05) is 26.3 Å². The van der Waals surface area contributed by atoms with E-state index >= 15 is 0 Å². The number of carbonyl (C=O) groups is 1. The number of nitrogens with zero attached hydrogens (tertiary/aromatic N) is 1. The van der Waals surface area contributed by atoms with Gasteiger partial charge in [-0.1, -0.05) is 0 Å². The third kappa shape index (κ3) is 5.56. The lowest BCUT2D eigenvalue weighted by atomic mass is 9.86. The quantitative estimate of drug-likeness (QED) is 0.769. The molecule has 3 fully saturated rings. The van der Waals surface area contributed by atoms with E-state index in [1.165, 1.54) is 0 Å². The minimum absolute atomic E-state index is 0.0770. The third-order valence-corrected chi connectivity index (χ3v) is 5.35. The van der Waals surface area contributed by atoms with Gasteiger partial charge < -0.3 is 14.4 Å². The van der Waals surface area contributed by atoms with Crippen LogP contribution in [0.1, 0.15) is 44.9 Å². The molecule has 1 atom stereocenters. The minimum Gasteiger partial charge on any atom is -0.379 e. The fraction of sp³-hybridized carbons (Fsp3) is 0.941. The molecule has 1 saturated carbocycles. The number of rotatable bonds is 4. The fourth-order valence-corrected chi connectivity index (χ4v) is 3.98. The summed E-state index contributed by atoms with van der Waals surface area (Å²) in [5.74, 6) is -0.0955. The number of hydrogen-bond acceptors (Lipinski definition) is 4. The Morgan fingerprint density at radius 2 is 1.60 bits per heavy atom. The van der Waals surface area contributed by atoms with Gasteiger partial charge in [0.05, 0.1) is 24.9 Å². The number of ether oxygens (including phenoxy) is 3. The van der Waals surface area contributed by atoms with E-state index < -0.39 is 12.5 Å². The Bertz CT molecular complexity index is 438. The van der Waals surface area contributed by atoms with Crippen LogP contribution in [-0.2, 0) is 19.0 Å². The first-order valence-electron chi connectivity index (χ1n) is 9.17. The summed E-state index contributed by atoms with van der Waals surface area (Å²) in [6.45, 7) is 2.73. The third-order valence-electron chi connectivity index (χ3n) is 5.35. The maximum atomic E-state index is 12.6. The lowest BCUT2D eigenvalue weighted by molar-refractivity contribution is -0.345. The highest BCUT2D eigenvalue weighted by molar-refractivity contribution is 5.79. The van der Waals surface area contributed by atoms with Gasteiger partial charge in [0.15, 0.2) is 0 Å². The number of amides is 1. The van der Waals surface area contributed by atoms with Gasteiger partial charge in [0.2, 0.25) is 5.91 Å². The van der Waals surface area contributed by atoms with E-state index in [1.54, 1.807) is 0 Å². The molecule has 1 unspecified atom stereocenters. The summed E-state index contributed by atoms with van der Waals surface area (Å²) in [7, 11) is 0. The van der Waals surface area contributed by atoms with Gasteiger partial charge in [-0.25, -0.2) is 0 Å². The van der Waals surface area contributed by atoms with Gasteiger partial charge in [-0.2, -0.15) is 0 Å². The maximum Gasteiger partial charge on any atom is 0.522 e. The summed E-state index contributed by atoms with van der Waals surface area (Å²) in [6.07, 6.45) is -0.974. The second-order valence-corrected chi connectivity index (χ2v) is 7.18. The summed E-state index contributed by atoms with van der Waals surface area (Å²) in [5, 5.41) is 0. The van der Waals surface area contributed by atoms with E-state index in [0.717, 1.165) is 25.9 Å². The highest BCUT2D eigenvalue weighted by Crippen LogP contribution is 2.32. The van der Waals surface area contributed by atoms with Gasteiger partial charge in [-0.15, -0.1) is 13.2 Å². The van der Waals surface area contributed by atoms with Gasteiger partial charge in [-0.05, 0) is 44.9 Å². The van der Waals surface area contributed by atoms with E-state index in [-0.39, 0.29) is 36.9 Å². The number of piperidine rings is 1. The van der Waals surface area contributed by atoms with Crippen molar-refractivity contribution < 1.29 is 32.2 Å². The summed E-state index contributed by atoms with van der Waals surface area (Å²) in [5.41, 5.74) is 0. The molecule has 2 aliphatic heterocycles. The smallest absolute Gasteiger partial charge is 0.379 e. The van der Waals surface area contributed by atoms with Crippen molar-refractivity contribution in [2.45, 2.75) is 69.6 Å². The molecule has 0 aromatic carbocycles.